The van der Waals surface area contributed by atoms with E-state index in [9.17, 15) is 22.8 Å². The number of carbonyl (C=O) groups is 2. The molecule has 3 unspecified atom stereocenters. The number of hydrogen-bond acceptors (Lipinski definition) is 4. The van der Waals surface area contributed by atoms with Crippen molar-refractivity contribution in [3.05, 3.63) is 62.7 Å². The molecule has 32 heavy (non-hydrogen) atoms. The molecule has 1 saturated carbocycles. The van der Waals surface area contributed by atoms with Gasteiger partial charge < -0.3 is 10.2 Å². The molecule has 2 aliphatic rings. The van der Waals surface area contributed by atoms with Gasteiger partial charge in [-0.25, -0.2) is 0 Å². The Kier molecular flexibility index (Phi) is 6.67. The molecule has 1 aromatic heterocycles. The van der Waals surface area contributed by atoms with Crippen molar-refractivity contribution in [3.8, 4) is 0 Å². The van der Waals surface area contributed by atoms with Crippen molar-refractivity contribution in [2.75, 3.05) is 7.05 Å². The van der Waals surface area contributed by atoms with Crippen LogP contribution in [0.3, 0.4) is 0 Å². The third kappa shape index (κ3) is 5.04. The van der Waals surface area contributed by atoms with Crippen LogP contribution >= 0.6 is 23.1 Å². The summed E-state index contributed by atoms with van der Waals surface area (Å²) in [5.41, 5.74) is -0.155. The number of amides is 2. The van der Waals surface area contributed by atoms with E-state index in [2.05, 4.69) is 5.32 Å². The number of carbonyl (C=O) groups excluding carboxylic acids is 2. The lowest BCUT2D eigenvalue weighted by molar-refractivity contribution is -0.137. The molecule has 9 heteroatoms. The molecular formula is C23H23F3N2O2S2. The maximum Gasteiger partial charge on any atom is 0.416 e. The lowest BCUT2D eigenvalue weighted by Crippen LogP contribution is -2.52. The Balaban J connectivity index is 1.40. The number of likely N-dealkylation sites (N-methyl/N-ethyl adjacent to an activating group) is 1. The first kappa shape index (κ1) is 22.9. The van der Waals surface area contributed by atoms with Crippen molar-refractivity contribution in [2.24, 2.45) is 5.92 Å². The smallest absolute Gasteiger partial charge is 0.351 e. The number of nitrogens with zero attached hydrogens (tertiary/aromatic N) is 1. The van der Waals surface area contributed by atoms with E-state index in [1.54, 1.807) is 29.4 Å². The van der Waals surface area contributed by atoms with Crippen LogP contribution in [0.2, 0.25) is 0 Å². The molecule has 2 aromatic rings. The fourth-order valence-electron chi connectivity index (χ4n) is 4.19. The van der Waals surface area contributed by atoms with Gasteiger partial charge in [0.25, 0.3) is 5.91 Å². The summed E-state index contributed by atoms with van der Waals surface area (Å²) in [7, 11) is 1.74. The highest BCUT2D eigenvalue weighted by molar-refractivity contribution is 8.04. The van der Waals surface area contributed by atoms with Crippen LogP contribution in [-0.2, 0) is 22.3 Å². The SMILES string of the molecule is CN1C(=O)/C(=C/c2ccc(C(F)(F)F)cc2)SC2CCC(C(=O)NCc3cccs3)CC21. The van der Waals surface area contributed by atoms with E-state index in [-0.39, 0.29) is 29.0 Å². The number of nitrogens with one attached hydrogen (secondary N) is 1. The van der Waals surface area contributed by atoms with E-state index in [1.807, 2.05) is 17.5 Å². The first-order valence-electron chi connectivity index (χ1n) is 10.4. The summed E-state index contributed by atoms with van der Waals surface area (Å²) in [6.45, 7) is 0.518. The number of benzene rings is 1. The number of thioether (sulfide) groups is 1. The molecule has 2 amide bonds. The molecule has 0 bridgehead atoms. The molecule has 1 saturated heterocycles. The van der Waals surface area contributed by atoms with Crippen molar-refractivity contribution >= 4 is 41.0 Å². The van der Waals surface area contributed by atoms with Gasteiger partial charge in [0.05, 0.1) is 17.0 Å². The Morgan fingerprint density at radius 3 is 2.62 bits per heavy atom. The van der Waals surface area contributed by atoms with Gasteiger partial charge in [0.15, 0.2) is 0 Å². The van der Waals surface area contributed by atoms with Crippen LogP contribution in [0.1, 0.15) is 35.3 Å². The molecule has 0 radical (unpaired) electrons. The number of rotatable bonds is 4. The predicted molar refractivity (Wildman–Crippen MR) is 121 cm³/mol. The Labute approximate surface area is 192 Å². The standard InChI is InChI=1S/C23H23F3N2O2S2/c1-28-18-12-15(21(29)27-13-17-3-2-10-31-17)6-9-19(18)32-20(22(28)30)11-14-4-7-16(8-5-14)23(24,25)26/h2-5,7-8,10-11,15,18-19H,6,9,12-13H2,1H3,(H,27,29)/b20-11-. The Morgan fingerprint density at radius 1 is 1.22 bits per heavy atom. The molecule has 1 aromatic carbocycles. The second-order valence-corrected chi connectivity index (χ2v) is 10.4. The molecule has 0 spiro atoms. The average molecular weight is 481 g/mol. The predicted octanol–water partition coefficient (Wildman–Crippen LogP) is 5.17. The van der Waals surface area contributed by atoms with Gasteiger partial charge in [-0.2, -0.15) is 13.2 Å². The summed E-state index contributed by atoms with van der Waals surface area (Å²) < 4.78 is 38.3. The van der Waals surface area contributed by atoms with Gasteiger partial charge in [0, 0.05) is 29.1 Å². The molecule has 1 aliphatic carbocycles. The zero-order valence-electron chi connectivity index (χ0n) is 17.4. The van der Waals surface area contributed by atoms with E-state index >= 15 is 0 Å². The van der Waals surface area contributed by atoms with Crippen molar-refractivity contribution in [1.82, 2.24) is 10.2 Å². The topological polar surface area (TPSA) is 49.4 Å². The third-order valence-electron chi connectivity index (χ3n) is 5.99. The first-order chi connectivity index (χ1) is 15.2. The van der Waals surface area contributed by atoms with Crippen molar-refractivity contribution < 1.29 is 22.8 Å². The summed E-state index contributed by atoms with van der Waals surface area (Å²) in [5.74, 6) is -0.267. The van der Waals surface area contributed by atoms with Gasteiger partial charge in [-0.05, 0) is 54.5 Å². The summed E-state index contributed by atoms with van der Waals surface area (Å²) in [5, 5.41) is 5.14. The van der Waals surface area contributed by atoms with Crippen LogP contribution in [0.15, 0.2) is 46.7 Å². The van der Waals surface area contributed by atoms with Gasteiger partial charge >= 0.3 is 6.18 Å². The molecule has 1 N–H and O–H groups in total. The van der Waals surface area contributed by atoms with Gasteiger partial charge in [0.2, 0.25) is 5.91 Å². The second-order valence-electron chi connectivity index (χ2n) is 8.08. The average Bonchev–Trinajstić information content (AvgIpc) is 3.29. The number of thiophene rings is 1. The molecule has 1 aliphatic heterocycles. The van der Waals surface area contributed by atoms with Crippen molar-refractivity contribution in [2.45, 2.75) is 43.3 Å². The summed E-state index contributed by atoms with van der Waals surface area (Å²) in [6, 6.07) is 8.70. The summed E-state index contributed by atoms with van der Waals surface area (Å²) in [4.78, 5) is 28.9. The lowest BCUT2D eigenvalue weighted by atomic mass is 9.83. The monoisotopic (exact) mass is 480 g/mol. The lowest BCUT2D eigenvalue weighted by Gasteiger charge is -2.44. The van der Waals surface area contributed by atoms with Crippen LogP contribution < -0.4 is 5.32 Å². The van der Waals surface area contributed by atoms with Crippen LogP contribution in [0.4, 0.5) is 13.2 Å². The highest BCUT2D eigenvalue weighted by Crippen LogP contribution is 2.43. The van der Waals surface area contributed by atoms with Crippen LogP contribution in [-0.4, -0.2) is 35.1 Å². The Morgan fingerprint density at radius 2 is 1.97 bits per heavy atom. The highest BCUT2D eigenvalue weighted by Gasteiger charge is 2.42. The summed E-state index contributed by atoms with van der Waals surface area (Å²) in [6.07, 6.45) is -0.568. The minimum atomic E-state index is -4.39. The molecule has 2 heterocycles. The van der Waals surface area contributed by atoms with Crippen LogP contribution in [0.25, 0.3) is 6.08 Å². The number of halogens is 3. The molecular weight excluding hydrogens is 457 g/mol. The molecule has 3 atom stereocenters. The minimum absolute atomic E-state index is 0.0220. The van der Waals surface area contributed by atoms with E-state index in [4.69, 9.17) is 0 Å². The number of hydrogen-bond donors (Lipinski definition) is 1. The zero-order valence-corrected chi connectivity index (χ0v) is 19.0. The van der Waals surface area contributed by atoms with Gasteiger partial charge in [-0.1, -0.05) is 18.2 Å². The van der Waals surface area contributed by atoms with Gasteiger partial charge in [-0.3, -0.25) is 9.59 Å². The first-order valence-corrected chi connectivity index (χ1v) is 12.1. The van der Waals surface area contributed by atoms with E-state index in [0.29, 0.717) is 23.4 Å². The van der Waals surface area contributed by atoms with Gasteiger partial charge in [0.1, 0.15) is 0 Å². The maximum atomic E-state index is 12.9. The largest absolute Gasteiger partial charge is 0.416 e. The molecule has 4 rings (SSSR count). The fourth-order valence-corrected chi connectivity index (χ4v) is 6.31. The number of alkyl halides is 3. The maximum absolute atomic E-state index is 12.9. The molecule has 2 fully saturated rings. The van der Waals surface area contributed by atoms with Gasteiger partial charge in [-0.15, -0.1) is 23.1 Å². The normalized spacial score (nSPS) is 25.0. The minimum Gasteiger partial charge on any atom is -0.351 e. The molecule has 4 nitrogen and oxygen atoms in total. The summed E-state index contributed by atoms with van der Waals surface area (Å²) >= 11 is 3.07. The quantitative estimate of drug-likeness (QED) is 0.615. The fraction of sp³-hybridized carbons (Fsp3) is 0.391. The Hall–Kier alpha value is -2.26. The van der Waals surface area contributed by atoms with Crippen LogP contribution in [0.5, 0.6) is 0 Å². The van der Waals surface area contributed by atoms with Crippen molar-refractivity contribution in [1.29, 1.82) is 0 Å². The second kappa shape index (κ2) is 9.31. The third-order valence-corrected chi connectivity index (χ3v) is 8.26. The van der Waals surface area contributed by atoms with Crippen LogP contribution in [0, 0.1) is 5.92 Å². The van der Waals surface area contributed by atoms with E-state index < -0.39 is 11.7 Å². The van der Waals surface area contributed by atoms with Crippen molar-refractivity contribution in [3.63, 3.8) is 0 Å². The van der Waals surface area contributed by atoms with E-state index in [1.165, 1.54) is 23.9 Å². The van der Waals surface area contributed by atoms with E-state index in [0.717, 1.165) is 29.9 Å². The highest BCUT2D eigenvalue weighted by atomic mass is 32.2. The number of fused-ring (bicyclic) bond motifs is 1. The Bertz CT molecular complexity index is 1000. The zero-order chi connectivity index (χ0) is 22.9. The molecule has 170 valence electrons.